The fourth-order valence-corrected chi connectivity index (χ4v) is 5.69. The minimum Gasteiger partial charge on any atom is -0.384 e. The van der Waals surface area contributed by atoms with Gasteiger partial charge in [-0.1, -0.05) is 24.3 Å². The number of nitrogens with one attached hydrogen (secondary N) is 4. The molecule has 4 atom stereocenters. The van der Waals surface area contributed by atoms with Crippen molar-refractivity contribution in [1.82, 2.24) is 31.2 Å². The molecule has 1 aliphatic heterocycles. The third-order valence-corrected chi connectivity index (χ3v) is 8.09. The summed E-state index contributed by atoms with van der Waals surface area (Å²) in [6.07, 6.45) is 12.8. The Balaban J connectivity index is 0.000000640. The molecular weight excluding hydrogens is 624 g/mol. The molecule has 0 saturated carbocycles. The number of nitrogens with two attached hydrogens (primary N) is 3. The van der Waals surface area contributed by atoms with Crippen LogP contribution >= 0.6 is 11.3 Å². The number of guanidine groups is 1. The third kappa shape index (κ3) is 13.0. The highest BCUT2D eigenvalue weighted by Crippen LogP contribution is 2.25. The topological polar surface area (TPSA) is 240 Å². The maximum Gasteiger partial charge on any atom is 0.243 e. The van der Waals surface area contributed by atoms with Crippen molar-refractivity contribution >= 4 is 46.7 Å². The lowest BCUT2D eigenvalue weighted by atomic mass is 9.92. The van der Waals surface area contributed by atoms with E-state index in [1.165, 1.54) is 16.7 Å². The molecule has 47 heavy (non-hydrogen) atoms. The van der Waals surface area contributed by atoms with E-state index in [-0.39, 0.29) is 55.1 Å². The standard InChI is InChI=1S/C22H37N9O5S.C9H11N/c1-13(2)31(15(5-4-8-28-22(24)25)19(35)21-27-9-10-37-21)18(34)12-29-20(36)14(6-7-16(23)32)30-17(33)11-26-3;1-7-6-10-9-5-3-2-4-8(7)9/h9-10,13-15,26H,4-8,11-12H2,1-3H3,(H2,23,32)(H,29,36)(H,30,33)(H4,24,25,28);2-6,8-10H,1H3. The van der Waals surface area contributed by atoms with Crippen LogP contribution in [0.4, 0.5) is 0 Å². The predicted octanol–water partition coefficient (Wildman–Crippen LogP) is -0.325. The molecule has 0 fully saturated rings. The molecule has 0 radical (unpaired) electrons. The van der Waals surface area contributed by atoms with E-state index in [1.54, 1.807) is 26.3 Å². The summed E-state index contributed by atoms with van der Waals surface area (Å²) in [7, 11) is 1.57. The average Bonchev–Trinajstić information content (AvgIpc) is 3.70. The van der Waals surface area contributed by atoms with Crippen molar-refractivity contribution in [2.45, 2.75) is 70.6 Å². The van der Waals surface area contributed by atoms with E-state index in [0.29, 0.717) is 18.4 Å². The van der Waals surface area contributed by atoms with E-state index in [2.05, 4.69) is 68.7 Å². The average molecular weight is 673 g/mol. The summed E-state index contributed by atoms with van der Waals surface area (Å²) in [5, 5.41) is 12.9. The first-order valence-electron chi connectivity index (χ1n) is 15.4. The number of rotatable bonds is 17. The quantitative estimate of drug-likeness (QED) is 0.0492. The molecule has 2 heterocycles. The second-order valence-corrected chi connectivity index (χ2v) is 12.2. The van der Waals surface area contributed by atoms with Crippen LogP contribution in [0, 0.1) is 5.92 Å². The zero-order valence-corrected chi connectivity index (χ0v) is 28.2. The first kappa shape index (κ1) is 38.6. The van der Waals surface area contributed by atoms with Crippen LogP contribution in [-0.2, 0) is 19.2 Å². The van der Waals surface area contributed by atoms with Gasteiger partial charge >= 0.3 is 0 Å². The summed E-state index contributed by atoms with van der Waals surface area (Å²) in [4.78, 5) is 71.9. The molecule has 2 aliphatic rings. The molecule has 0 saturated heterocycles. The first-order chi connectivity index (χ1) is 22.3. The monoisotopic (exact) mass is 672 g/mol. The number of fused-ring (bicyclic) bond motifs is 1. The number of nitrogens with zero attached hydrogens (tertiary/aromatic N) is 3. The van der Waals surface area contributed by atoms with E-state index >= 15 is 0 Å². The highest BCUT2D eigenvalue weighted by atomic mass is 32.1. The van der Waals surface area contributed by atoms with Crippen LogP contribution in [0.15, 0.2) is 52.6 Å². The van der Waals surface area contributed by atoms with Gasteiger partial charge in [0.05, 0.1) is 25.2 Å². The number of amides is 4. The van der Waals surface area contributed by atoms with Crippen LogP contribution in [0.25, 0.3) is 0 Å². The Kier molecular flexibility index (Phi) is 16.3. The molecule has 4 amide bonds. The number of carbonyl (C=O) groups is 5. The van der Waals surface area contributed by atoms with Crippen molar-refractivity contribution in [3.05, 3.63) is 52.7 Å². The smallest absolute Gasteiger partial charge is 0.243 e. The number of thiazole rings is 1. The molecule has 16 heteroatoms. The van der Waals surface area contributed by atoms with Gasteiger partial charge in [-0.25, -0.2) is 4.98 Å². The number of aliphatic imine (C=N–C) groups is 1. The van der Waals surface area contributed by atoms with Gasteiger partial charge in [-0.3, -0.25) is 29.0 Å². The molecule has 1 aromatic rings. The Morgan fingerprint density at radius 3 is 2.40 bits per heavy atom. The molecule has 4 unspecified atom stereocenters. The first-order valence-corrected chi connectivity index (χ1v) is 16.3. The number of hydrogen-bond donors (Lipinski definition) is 7. The molecule has 15 nitrogen and oxygen atoms in total. The van der Waals surface area contributed by atoms with Gasteiger partial charge in [0.25, 0.3) is 0 Å². The summed E-state index contributed by atoms with van der Waals surface area (Å²) in [6.45, 7) is 5.48. The lowest BCUT2D eigenvalue weighted by molar-refractivity contribution is -0.136. The van der Waals surface area contributed by atoms with Crippen LogP contribution in [0.3, 0.4) is 0 Å². The van der Waals surface area contributed by atoms with Gasteiger partial charge in [-0.05, 0) is 58.9 Å². The fraction of sp³-hybridized carbons (Fsp3) is 0.516. The van der Waals surface area contributed by atoms with Crippen molar-refractivity contribution in [2.24, 2.45) is 28.1 Å². The second kappa shape index (κ2) is 19.8. The molecule has 0 bridgehead atoms. The number of likely N-dealkylation sites (N-methyl/N-ethyl adjacent to an activating group) is 1. The SMILES string of the molecule is CC1=CNC2C=CC=CC12.CNCC(=O)NC(CCC(N)=O)C(=O)NCC(=O)N(C(C)C)C(CCCN=C(N)N)C(=O)c1nccs1. The molecule has 258 valence electrons. The highest BCUT2D eigenvalue weighted by Gasteiger charge is 2.34. The summed E-state index contributed by atoms with van der Waals surface area (Å²) in [5.41, 5.74) is 17.4. The molecule has 1 aromatic heterocycles. The molecular formula is C31H48N10O5S. The van der Waals surface area contributed by atoms with Crippen molar-refractivity contribution in [3.8, 4) is 0 Å². The molecule has 0 spiro atoms. The van der Waals surface area contributed by atoms with Gasteiger partial charge < -0.3 is 43.4 Å². The lowest BCUT2D eigenvalue weighted by Crippen LogP contribution is -2.54. The fourth-order valence-electron chi connectivity index (χ4n) is 5.06. The van der Waals surface area contributed by atoms with Gasteiger partial charge in [0.1, 0.15) is 6.04 Å². The number of aromatic nitrogens is 1. The van der Waals surface area contributed by atoms with Crippen molar-refractivity contribution in [2.75, 3.05) is 26.7 Å². The molecule has 3 rings (SSSR count). The van der Waals surface area contributed by atoms with E-state index in [1.807, 2.05) is 0 Å². The maximum atomic E-state index is 13.3. The molecule has 10 N–H and O–H groups in total. The molecule has 1 aliphatic carbocycles. The summed E-state index contributed by atoms with van der Waals surface area (Å²) in [6, 6.07) is -1.78. The van der Waals surface area contributed by atoms with E-state index in [0.717, 1.165) is 11.3 Å². The van der Waals surface area contributed by atoms with Crippen molar-refractivity contribution in [3.63, 3.8) is 0 Å². The van der Waals surface area contributed by atoms with E-state index in [9.17, 15) is 24.0 Å². The Labute approximate surface area is 279 Å². The van der Waals surface area contributed by atoms with Gasteiger partial charge in [-0.2, -0.15) is 0 Å². The highest BCUT2D eigenvalue weighted by molar-refractivity contribution is 7.11. The number of primary amides is 1. The zero-order valence-electron chi connectivity index (χ0n) is 27.4. The lowest BCUT2D eigenvalue weighted by Gasteiger charge is -2.34. The van der Waals surface area contributed by atoms with Crippen LogP contribution in [0.1, 0.15) is 56.3 Å². The Morgan fingerprint density at radius 2 is 1.81 bits per heavy atom. The van der Waals surface area contributed by atoms with Crippen molar-refractivity contribution < 1.29 is 24.0 Å². The maximum absolute atomic E-state index is 13.3. The number of Topliss-reactive ketones (excluding diaryl/α,β-unsaturated/α-hetero) is 1. The van der Waals surface area contributed by atoms with Crippen LogP contribution in [-0.4, -0.2) is 96.1 Å². The Morgan fingerprint density at radius 1 is 1.09 bits per heavy atom. The van der Waals surface area contributed by atoms with Gasteiger partial charge in [-0.15, -0.1) is 11.3 Å². The van der Waals surface area contributed by atoms with E-state index < -0.39 is 42.3 Å². The normalized spacial score (nSPS) is 17.2. The number of carbonyl (C=O) groups excluding carboxylic acids is 5. The van der Waals surface area contributed by atoms with Gasteiger partial charge in [0, 0.05) is 36.5 Å². The van der Waals surface area contributed by atoms with Crippen molar-refractivity contribution in [1.29, 1.82) is 0 Å². The Hall–Kier alpha value is -4.57. The summed E-state index contributed by atoms with van der Waals surface area (Å²) >= 11 is 1.16. The second-order valence-electron chi connectivity index (χ2n) is 11.3. The van der Waals surface area contributed by atoms with Crippen LogP contribution < -0.4 is 38.5 Å². The van der Waals surface area contributed by atoms with Gasteiger partial charge in [0.2, 0.25) is 29.4 Å². The largest absolute Gasteiger partial charge is 0.384 e. The predicted molar refractivity (Wildman–Crippen MR) is 182 cm³/mol. The zero-order chi connectivity index (χ0) is 34.9. The minimum absolute atomic E-state index is 0.0331. The molecule has 0 aromatic carbocycles. The van der Waals surface area contributed by atoms with Gasteiger partial charge in [0.15, 0.2) is 11.0 Å². The number of allylic oxidation sites excluding steroid dienone is 2. The minimum atomic E-state index is -1.07. The number of hydrogen-bond acceptors (Lipinski definition) is 10. The summed E-state index contributed by atoms with van der Waals surface area (Å²) < 4.78 is 0. The Bertz CT molecular complexity index is 1340. The van der Waals surface area contributed by atoms with Crippen LogP contribution in [0.2, 0.25) is 0 Å². The number of ketones is 1. The summed E-state index contributed by atoms with van der Waals surface area (Å²) in [5.74, 6) is -2.04. The van der Waals surface area contributed by atoms with Crippen LogP contribution in [0.5, 0.6) is 0 Å². The van der Waals surface area contributed by atoms with E-state index in [4.69, 9.17) is 17.2 Å². The third-order valence-electron chi connectivity index (χ3n) is 7.30.